The second-order valence-corrected chi connectivity index (χ2v) is 6.16. The molecule has 2 fully saturated rings. The van der Waals surface area contributed by atoms with Gasteiger partial charge in [0.1, 0.15) is 0 Å². The predicted molar refractivity (Wildman–Crippen MR) is 69.6 cm³/mol. The van der Waals surface area contributed by atoms with Crippen LogP contribution in [0.15, 0.2) is 0 Å². The number of rotatable bonds is 7. The first-order valence-corrected chi connectivity index (χ1v) is 7.16. The van der Waals surface area contributed by atoms with E-state index < -0.39 is 0 Å². The second kappa shape index (κ2) is 6.02. The van der Waals surface area contributed by atoms with Crippen molar-refractivity contribution in [2.24, 2.45) is 11.8 Å². The Kier molecular flexibility index (Phi) is 4.66. The molecule has 2 heteroatoms. The first-order valence-electron chi connectivity index (χ1n) is 7.16. The monoisotopic (exact) mass is 224 g/mol. The molecule has 1 N–H and O–H groups in total. The Morgan fingerprint density at radius 2 is 1.88 bits per heavy atom. The quantitative estimate of drug-likeness (QED) is 0.715. The molecule has 0 amide bonds. The van der Waals surface area contributed by atoms with Gasteiger partial charge in [-0.15, -0.1) is 0 Å². The fourth-order valence-corrected chi connectivity index (χ4v) is 2.96. The van der Waals surface area contributed by atoms with Crippen molar-refractivity contribution in [2.75, 3.05) is 26.7 Å². The van der Waals surface area contributed by atoms with Crippen LogP contribution >= 0.6 is 0 Å². The lowest BCUT2D eigenvalue weighted by Gasteiger charge is -2.24. The molecule has 0 radical (unpaired) electrons. The van der Waals surface area contributed by atoms with Crippen LogP contribution in [-0.4, -0.2) is 37.6 Å². The van der Waals surface area contributed by atoms with Crippen LogP contribution in [0.25, 0.3) is 0 Å². The van der Waals surface area contributed by atoms with Crippen molar-refractivity contribution in [1.29, 1.82) is 0 Å². The minimum atomic E-state index is 0.798. The van der Waals surface area contributed by atoms with Gasteiger partial charge >= 0.3 is 0 Å². The molecule has 2 aliphatic carbocycles. The zero-order valence-corrected chi connectivity index (χ0v) is 11.0. The Labute approximate surface area is 101 Å². The van der Waals surface area contributed by atoms with Crippen LogP contribution in [0.5, 0.6) is 0 Å². The molecule has 0 saturated heterocycles. The molecule has 94 valence electrons. The normalized spacial score (nSPS) is 24.2. The van der Waals surface area contributed by atoms with E-state index in [0.29, 0.717) is 0 Å². The lowest BCUT2D eigenvalue weighted by molar-refractivity contribution is 0.242. The van der Waals surface area contributed by atoms with Crippen LogP contribution in [0, 0.1) is 11.8 Å². The summed E-state index contributed by atoms with van der Waals surface area (Å²) in [6.07, 6.45) is 8.70. The van der Waals surface area contributed by atoms with Gasteiger partial charge < -0.3 is 10.2 Å². The molecule has 0 bridgehead atoms. The standard InChI is InChI=1S/C14H28N2/c1-12(9-15-14-7-8-14)10-16(2)11-13-5-3-4-6-13/h12-15H,3-11H2,1-2H3. The lowest BCUT2D eigenvalue weighted by Crippen LogP contribution is -2.34. The van der Waals surface area contributed by atoms with Crippen LogP contribution in [-0.2, 0) is 0 Å². The fourth-order valence-electron chi connectivity index (χ4n) is 2.96. The van der Waals surface area contributed by atoms with Gasteiger partial charge in [-0.25, -0.2) is 0 Å². The SMILES string of the molecule is CC(CNC1CC1)CN(C)CC1CCCC1. The zero-order valence-electron chi connectivity index (χ0n) is 11.0. The summed E-state index contributed by atoms with van der Waals surface area (Å²) < 4.78 is 0. The molecule has 2 saturated carbocycles. The lowest BCUT2D eigenvalue weighted by atomic mass is 10.1. The highest BCUT2D eigenvalue weighted by atomic mass is 15.1. The Bertz CT molecular complexity index is 195. The van der Waals surface area contributed by atoms with Crippen molar-refractivity contribution < 1.29 is 0 Å². The second-order valence-electron chi connectivity index (χ2n) is 6.16. The van der Waals surface area contributed by atoms with Crippen molar-refractivity contribution in [3.63, 3.8) is 0 Å². The van der Waals surface area contributed by atoms with Crippen LogP contribution in [0.1, 0.15) is 45.4 Å². The van der Waals surface area contributed by atoms with Gasteiger partial charge in [0.05, 0.1) is 0 Å². The molecule has 0 aromatic rings. The molecule has 0 aromatic heterocycles. The minimum absolute atomic E-state index is 0.798. The first-order chi connectivity index (χ1) is 7.74. The summed E-state index contributed by atoms with van der Waals surface area (Å²) in [5.74, 6) is 1.79. The van der Waals surface area contributed by atoms with Gasteiger partial charge in [0.25, 0.3) is 0 Å². The zero-order chi connectivity index (χ0) is 11.4. The van der Waals surface area contributed by atoms with E-state index in [9.17, 15) is 0 Å². The summed E-state index contributed by atoms with van der Waals surface area (Å²) in [5.41, 5.74) is 0. The molecular weight excluding hydrogens is 196 g/mol. The topological polar surface area (TPSA) is 15.3 Å². The van der Waals surface area contributed by atoms with Gasteiger partial charge in [-0.1, -0.05) is 19.8 Å². The van der Waals surface area contributed by atoms with Gasteiger partial charge in [0.2, 0.25) is 0 Å². The predicted octanol–water partition coefficient (Wildman–Crippen LogP) is 2.50. The van der Waals surface area contributed by atoms with E-state index in [4.69, 9.17) is 0 Å². The average molecular weight is 224 g/mol. The third-order valence-electron chi connectivity index (χ3n) is 4.00. The maximum atomic E-state index is 3.63. The van der Waals surface area contributed by atoms with E-state index in [1.807, 2.05) is 0 Å². The molecule has 1 atom stereocenters. The van der Waals surface area contributed by atoms with Crippen molar-refractivity contribution in [2.45, 2.75) is 51.5 Å². The molecule has 16 heavy (non-hydrogen) atoms. The highest BCUT2D eigenvalue weighted by Crippen LogP contribution is 2.25. The summed E-state index contributed by atoms with van der Waals surface area (Å²) >= 11 is 0. The molecule has 0 aliphatic heterocycles. The van der Waals surface area contributed by atoms with E-state index in [2.05, 4.69) is 24.2 Å². The average Bonchev–Trinajstić information content (AvgIpc) is 2.94. The molecular formula is C14H28N2. The van der Waals surface area contributed by atoms with E-state index in [-0.39, 0.29) is 0 Å². The van der Waals surface area contributed by atoms with Crippen LogP contribution in [0.4, 0.5) is 0 Å². The summed E-state index contributed by atoms with van der Waals surface area (Å²) in [6, 6.07) is 0.864. The Balaban J connectivity index is 1.55. The van der Waals surface area contributed by atoms with Crippen molar-refractivity contribution in [3.8, 4) is 0 Å². The van der Waals surface area contributed by atoms with Crippen LogP contribution in [0.2, 0.25) is 0 Å². The number of hydrogen-bond donors (Lipinski definition) is 1. The Morgan fingerprint density at radius 1 is 1.19 bits per heavy atom. The largest absolute Gasteiger partial charge is 0.314 e. The van der Waals surface area contributed by atoms with Crippen molar-refractivity contribution >= 4 is 0 Å². The van der Waals surface area contributed by atoms with E-state index in [0.717, 1.165) is 17.9 Å². The van der Waals surface area contributed by atoms with Gasteiger partial charge in [0.15, 0.2) is 0 Å². The molecule has 2 nitrogen and oxygen atoms in total. The third-order valence-corrected chi connectivity index (χ3v) is 4.00. The Hall–Kier alpha value is -0.0800. The molecule has 2 aliphatic rings. The molecule has 2 rings (SSSR count). The van der Waals surface area contributed by atoms with Crippen molar-refractivity contribution in [1.82, 2.24) is 10.2 Å². The van der Waals surface area contributed by atoms with E-state index >= 15 is 0 Å². The summed E-state index contributed by atoms with van der Waals surface area (Å²) in [5, 5.41) is 3.63. The third kappa shape index (κ3) is 4.42. The minimum Gasteiger partial charge on any atom is -0.314 e. The fraction of sp³-hybridized carbons (Fsp3) is 1.00. The van der Waals surface area contributed by atoms with E-state index in [1.165, 1.54) is 58.2 Å². The number of hydrogen-bond acceptors (Lipinski definition) is 2. The molecule has 0 heterocycles. The maximum absolute atomic E-state index is 3.63. The summed E-state index contributed by atoms with van der Waals surface area (Å²) in [6.45, 7) is 6.17. The molecule has 1 unspecified atom stereocenters. The Morgan fingerprint density at radius 3 is 2.50 bits per heavy atom. The van der Waals surface area contributed by atoms with E-state index in [1.54, 1.807) is 0 Å². The van der Waals surface area contributed by atoms with Crippen molar-refractivity contribution in [3.05, 3.63) is 0 Å². The van der Waals surface area contributed by atoms with Gasteiger partial charge in [0, 0.05) is 19.1 Å². The molecule has 0 spiro atoms. The number of nitrogens with one attached hydrogen (secondary N) is 1. The highest BCUT2D eigenvalue weighted by molar-refractivity contribution is 4.81. The number of nitrogens with zero attached hydrogens (tertiary/aromatic N) is 1. The van der Waals surface area contributed by atoms with Crippen LogP contribution in [0.3, 0.4) is 0 Å². The summed E-state index contributed by atoms with van der Waals surface area (Å²) in [4.78, 5) is 2.55. The van der Waals surface area contributed by atoms with Gasteiger partial charge in [-0.3, -0.25) is 0 Å². The maximum Gasteiger partial charge on any atom is 0.00683 e. The highest BCUT2D eigenvalue weighted by Gasteiger charge is 2.21. The van der Waals surface area contributed by atoms with Gasteiger partial charge in [-0.05, 0) is 51.1 Å². The van der Waals surface area contributed by atoms with Crippen LogP contribution < -0.4 is 5.32 Å². The molecule has 0 aromatic carbocycles. The smallest absolute Gasteiger partial charge is 0.00683 e. The first kappa shape index (κ1) is 12.4. The van der Waals surface area contributed by atoms with Gasteiger partial charge in [-0.2, -0.15) is 0 Å². The summed E-state index contributed by atoms with van der Waals surface area (Å²) in [7, 11) is 2.30.